The first kappa shape index (κ1) is 14.1. The highest BCUT2D eigenvalue weighted by Crippen LogP contribution is 2.30. The van der Waals surface area contributed by atoms with E-state index >= 15 is 0 Å². The van der Waals surface area contributed by atoms with Gasteiger partial charge >= 0.3 is 0 Å². The lowest BCUT2D eigenvalue weighted by Gasteiger charge is -2.26. The molecule has 108 valence electrons. The summed E-state index contributed by atoms with van der Waals surface area (Å²) in [5, 5.41) is 8.53. The summed E-state index contributed by atoms with van der Waals surface area (Å²) >= 11 is 12.0. The summed E-state index contributed by atoms with van der Waals surface area (Å²) in [5.74, 6) is 0.728. The molecule has 1 aromatic carbocycles. The normalized spacial score (nSPS) is 12.6. The maximum atomic E-state index is 6.06. The fraction of sp³-hybridized carbons (Fsp3) is 0.214. The van der Waals surface area contributed by atoms with E-state index in [1.54, 1.807) is 6.20 Å². The van der Waals surface area contributed by atoms with Gasteiger partial charge in [0.25, 0.3) is 0 Å². The molecule has 0 radical (unpaired) electrons. The van der Waals surface area contributed by atoms with Crippen molar-refractivity contribution in [3.8, 4) is 0 Å². The molecule has 0 fully saturated rings. The Bertz CT molecular complexity index is 786. The SMILES string of the molecule is CC(c1cccc(Cl)c1)N(C)c1nc(Cl)nc2[nH]ncc12. The van der Waals surface area contributed by atoms with Crippen LogP contribution in [0.15, 0.2) is 30.5 Å². The highest BCUT2D eigenvalue weighted by molar-refractivity contribution is 6.30. The smallest absolute Gasteiger partial charge is 0.226 e. The Labute approximate surface area is 131 Å². The molecule has 2 aromatic heterocycles. The van der Waals surface area contributed by atoms with Crippen LogP contribution in [0.2, 0.25) is 10.3 Å². The number of hydrogen-bond donors (Lipinski definition) is 1. The summed E-state index contributed by atoms with van der Waals surface area (Å²) in [6.45, 7) is 2.08. The van der Waals surface area contributed by atoms with Gasteiger partial charge in [0.05, 0.1) is 17.6 Å². The summed E-state index contributed by atoms with van der Waals surface area (Å²) in [5.41, 5.74) is 1.71. The number of halogens is 2. The number of hydrogen-bond acceptors (Lipinski definition) is 4. The Morgan fingerprint density at radius 3 is 2.81 bits per heavy atom. The third-order valence-electron chi connectivity index (χ3n) is 3.51. The van der Waals surface area contributed by atoms with Crippen LogP contribution in [0.5, 0.6) is 0 Å². The van der Waals surface area contributed by atoms with Crippen LogP contribution in [0.3, 0.4) is 0 Å². The number of rotatable bonds is 3. The molecule has 3 aromatic rings. The molecule has 0 bridgehead atoms. The Morgan fingerprint density at radius 1 is 1.24 bits per heavy atom. The molecule has 0 spiro atoms. The summed E-state index contributed by atoms with van der Waals surface area (Å²) in [7, 11) is 1.96. The van der Waals surface area contributed by atoms with Crippen LogP contribution in [0, 0.1) is 0 Å². The first-order chi connectivity index (χ1) is 10.1. The second-order valence-corrected chi connectivity index (χ2v) is 5.56. The summed E-state index contributed by atoms with van der Waals surface area (Å²) in [4.78, 5) is 10.5. The maximum absolute atomic E-state index is 6.06. The van der Waals surface area contributed by atoms with Gasteiger partial charge in [0, 0.05) is 12.1 Å². The Hall–Kier alpha value is -1.85. The Balaban J connectivity index is 2.03. The van der Waals surface area contributed by atoms with Crippen molar-refractivity contribution in [1.29, 1.82) is 0 Å². The predicted octanol–water partition coefficient (Wildman–Crippen LogP) is 3.86. The van der Waals surface area contributed by atoms with Crippen molar-refractivity contribution in [2.45, 2.75) is 13.0 Å². The Kier molecular flexibility index (Phi) is 3.69. The van der Waals surface area contributed by atoms with Gasteiger partial charge in [-0.15, -0.1) is 0 Å². The fourth-order valence-corrected chi connectivity index (χ4v) is 2.60. The van der Waals surface area contributed by atoms with Crippen molar-refractivity contribution in [1.82, 2.24) is 20.2 Å². The molecule has 0 saturated heterocycles. The largest absolute Gasteiger partial charge is 0.352 e. The van der Waals surface area contributed by atoms with Crippen LogP contribution in [0.25, 0.3) is 11.0 Å². The van der Waals surface area contributed by atoms with Crippen molar-refractivity contribution >= 4 is 40.1 Å². The van der Waals surface area contributed by atoms with Gasteiger partial charge in [-0.1, -0.05) is 23.7 Å². The van der Waals surface area contributed by atoms with Crippen molar-refractivity contribution < 1.29 is 0 Å². The van der Waals surface area contributed by atoms with Gasteiger partial charge in [0.1, 0.15) is 5.82 Å². The van der Waals surface area contributed by atoms with E-state index in [1.807, 2.05) is 36.2 Å². The zero-order chi connectivity index (χ0) is 15.0. The van der Waals surface area contributed by atoms with Gasteiger partial charge in [-0.05, 0) is 36.2 Å². The molecule has 0 aliphatic carbocycles. The van der Waals surface area contributed by atoms with Gasteiger partial charge in [-0.2, -0.15) is 15.1 Å². The van der Waals surface area contributed by atoms with Gasteiger partial charge < -0.3 is 4.90 Å². The van der Waals surface area contributed by atoms with Gasteiger partial charge in [-0.3, -0.25) is 5.10 Å². The molecule has 1 unspecified atom stereocenters. The molecule has 0 saturated carbocycles. The van der Waals surface area contributed by atoms with E-state index in [-0.39, 0.29) is 11.3 Å². The minimum Gasteiger partial charge on any atom is -0.352 e. The van der Waals surface area contributed by atoms with E-state index in [9.17, 15) is 0 Å². The number of nitrogens with one attached hydrogen (secondary N) is 1. The number of H-pyrrole nitrogens is 1. The lowest BCUT2D eigenvalue weighted by Crippen LogP contribution is -2.23. The van der Waals surface area contributed by atoms with E-state index in [2.05, 4.69) is 27.1 Å². The average molecular weight is 322 g/mol. The number of anilines is 1. The van der Waals surface area contributed by atoms with Crippen LogP contribution >= 0.6 is 23.2 Å². The lowest BCUT2D eigenvalue weighted by molar-refractivity contribution is 0.731. The summed E-state index contributed by atoms with van der Waals surface area (Å²) in [6.07, 6.45) is 1.70. The standard InChI is InChI=1S/C14H13Cl2N5/c1-8(9-4-3-5-10(15)6-9)21(2)13-11-7-17-20-12(11)18-14(16)19-13/h3-8H,1-2H3,(H,17,18,19,20). The van der Waals surface area contributed by atoms with Gasteiger partial charge in [0.2, 0.25) is 5.28 Å². The second-order valence-electron chi connectivity index (χ2n) is 4.79. The number of benzene rings is 1. The first-order valence-corrected chi connectivity index (χ1v) is 7.17. The fourth-order valence-electron chi connectivity index (χ4n) is 2.24. The summed E-state index contributed by atoms with van der Waals surface area (Å²) < 4.78 is 0. The van der Waals surface area contributed by atoms with E-state index < -0.39 is 0 Å². The molecule has 0 aliphatic heterocycles. The van der Waals surface area contributed by atoms with Crippen LogP contribution < -0.4 is 4.90 Å². The summed E-state index contributed by atoms with van der Waals surface area (Å²) in [6, 6.07) is 7.84. The van der Waals surface area contributed by atoms with Crippen LogP contribution in [-0.4, -0.2) is 27.2 Å². The van der Waals surface area contributed by atoms with Crippen molar-refractivity contribution in [3.05, 3.63) is 46.3 Å². The van der Waals surface area contributed by atoms with Gasteiger partial charge in [-0.25, -0.2) is 0 Å². The zero-order valence-corrected chi connectivity index (χ0v) is 13.0. The Morgan fingerprint density at radius 2 is 2.05 bits per heavy atom. The molecule has 1 N–H and O–H groups in total. The van der Waals surface area contributed by atoms with E-state index in [4.69, 9.17) is 23.2 Å². The van der Waals surface area contributed by atoms with E-state index in [1.165, 1.54) is 0 Å². The average Bonchev–Trinajstić information content (AvgIpc) is 2.93. The maximum Gasteiger partial charge on any atom is 0.226 e. The quantitative estimate of drug-likeness (QED) is 0.744. The van der Waals surface area contributed by atoms with Crippen LogP contribution in [0.1, 0.15) is 18.5 Å². The molecular formula is C14H13Cl2N5. The number of nitrogens with zero attached hydrogens (tertiary/aromatic N) is 4. The molecule has 7 heteroatoms. The lowest BCUT2D eigenvalue weighted by atomic mass is 10.1. The zero-order valence-electron chi connectivity index (χ0n) is 11.5. The molecule has 1 atom stereocenters. The number of aromatic amines is 1. The third-order valence-corrected chi connectivity index (χ3v) is 3.91. The second kappa shape index (κ2) is 5.50. The van der Waals surface area contributed by atoms with Crippen molar-refractivity contribution in [2.24, 2.45) is 0 Å². The van der Waals surface area contributed by atoms with Crippen molar-refractivity contribution in [2.75, 3.05) is 11.9 Å². The molecule has 21 heavy (non-hydrogen) atoms. The minimum absolute atomic E-state index is 0.0766. The first-order valence-electron chi connectivity index (χ1n) is 6.41. The molecule has 3 rings (SSSR count). The molecule has 0 amide bonds. The topological polar surface area (TPSA) is 57.7 Å². The molecule has 0 aliphatic rings. The molecule has 5 nitrogen and oxygen atoms in total. The van der Waals surface area contributed by atoms with E-state index in [0.717, 1.165) is 16.8 Å². The van der Waals surface area contributed by atoms with E-state index in [0.29, 0.717) is 10.7 Å². The molecule has 2 heterocycles. The van der Waals surface area contributed by atoms with Crippen molar-refractivity contribution in [3.63, 3.8) is 0 Å². The third kappa shape index (κ3) is 2.66. The highest BCUT2D eigenvalue weighted by Gasteiger charge is 2.18. The highest BCUT2D eigenvalue weighted by atomic mass is 35.5. The number of aromatic nitrogens is 4. The monoisotopic (exact) mass is 321 g/mol. The van der Waals surface area contributed by atoms with Gasteiger partial charge in [0.15, 0.2) is 5.65 Å². The molecular weight excluding hydrogens is 309 g/mol. The van der Waals surface area contributed by atoms with Crippen LogP contribution in [-0.2, 0) is 0 Å². The number of fused-ring (bicyclic) bond motifs is 1. The van der Waals surface area contributed by atoms with Crippen LogP contribution in [0.4, 0.5) is 5.82 Å². The predicted molar refractivity (Wildman–Crippen MR) is 85.0 cm³/mol. The minimum atomic E-state index is 0.0766.